The molecule has 34 heavy (non-hydrogen) atoms. The molecule has 1 unspecified atom stereocenters. The van der Waals surface area contributed by atoms with Crippen molar-refractivity contribution in [1.82, 2.24) is 10.2 Å². The van der Waals surface area contributed by atoms with Crippen molar-refractivity contribution in [3.05, 3.63) is 63.6 Å². The number of anilines is 1. The van der Waals surface area contributed by atoms with Gasteiger partial charge in [-0.05, 0) is 43.5 Å². The first-order valence-electron chi connectivity index (χ1n) is 11.0. The topological polar surface area (TPSA) is 86.8 Å². The summed E-state index contributed by atoms with van der Waals surface area (Å²) in [5, 5.41) is 3.33. The van der Waals surface area contributed by atoms with E-state index >= 15 is 0 Å². The fourth-order valence-corrected chi connectivity index (χ4v) is 4.94. The summed E-state index contributed by atoms with van der Waals surface area (Å²) in [4.78, 5) is 27.9. The molecule has 186 valence electrons. The van der Waals surface area contributed by atoms with Crippen LogP contribution in [0.2, 0.25) is 10.0 Å². The Morgan fingerprint density at radius 1 is 1.06 bits per heavy atom. The summed E-state index contributed by atoms with van der Waals surface area (Å²) in [6, 6.07) is 11.2. The van der Waals surface area contributed by atoms with Crippen molar-refractivity contribution in [3.8, 4) is 0 Å². The number of benzene rings is 2. The Kier molecular flexibility index (Phi) is 10.2. The molecule has 0 aliphatic heterocycles. The van der Waals surface area contributed by atoms with Crippen LogP contribution in [0.5, 0.6) is 0 Å². The Balaban J connectivity index is 2.45. The van der Waals surface area contributed by atoms with E-state index in [2.05, 4.69) is 5.32 Å². The second-order valence-corrected chi connectivity index (χ2v) is 10.9. The molecule has 1 N–H and O–H groups in total. The van der Waals surface area contributed by atoms with E-state index in [1.807, 2.05) is 45.0 Å². The second kappa shape index (κ2) is 12.4. The number of sulfonamides is 1. The van der Waals surface area contributed by atoms with Gasteiger partial charge in [0, 0.05) is 23.1 Å². The Hall–Kier alpha value is -2.29. The van der Waals surface area contributed by atoms with Crippen molar-refractivity contribution in [3.63, 3.8) is 0 Å². The minimum Gasteiger partial charge on any atom is -0.354 e. The van der Waals surface area contributed by atoms with Crippen LogP contribution in [-0.4, -0.2) is 50.5 Å². The number of rotatable bonds is 11. The van der Waals surface area contributed by atoms with Gasteiger partial charge in [0.05, 0.1) is 11.9 Å². The average Bonchev–Trinajstić information content (AvgIpc) is 2.74. The Bertz CT molecular complexity index is 1100. The predicted molar refractivity (Wildman–Crippen MR) is 138 cm³/mol. The van der Waals surface area contributed by atoms with Crippen molar-refractivity contribution in [1.29, 1.82) is 0 Å². The maximum absolute atomic E-state index is 13.6. The van der Waals surface area contributed by atoms with E-state index in [-0.39, 0.29) is 28.2 Å². The molecule has 0 saturated carbocycles. The van der Waals surface area contributed by atoms with E-state index in [9.17, 15) is 18.0 Å². The molecular formula is C24H31Cl2N3O4S. The number of nitrogens with zero attached hydrogens (tertiary/aromatic N) is 2. The average molecular weight is 529 g/mol. The molecule has 0 fully saturated rings. The number of amides is 2. The Labute approximate surface area is 212 Å². The van der Waals surface area contributed by atoms with Crippen LogP contribution in [0.3, 0.4) is 0 Å². The summed E-state index contributed by atoms with van der Waals surface area (Å²) in [6.07, 6.45) is 2.13. The molecule has 1 atom stereocenters. The van der Waals surface area contributed by atoms with Gasteiger partial charge in [-0.25, -0.2) is 8.42 Å². The predicted octanol–water partition coefficient (Wildman–Crippen LogP) is 4.40. The molecule has 0 spiro atoms. The molecule has 7 nitrogen and oxygen atoms in total. The molecule has 0 aromatic heterocycles. The summed E-state index contributed by atoms with van der Waals surface area (Å²) in [6.45, 7) is 5.84. The Morgan fingerprint density at radius 3 is 2.24 bits per heavy atom. The number of nitrogens with one attached hydrogen (secondary N) is 1. The molecule has 10 heteroatoms. The van der Waals surface area contributed by atoms with Gasteiger partial charge in [0.15, 0.2) is 0 Å². The molecule has 0 radical (unpaired) electrons. The van der Waals surface area contributed by atoms with E-state index in [0.29, 0.717) is 13.0 Å². The summed E-state index contributed by atoms with van der Waals surface area (Å²) < 4.78 is 26.2. The Morgan fingerprint density at radius 2 is 1.71 bits per heavy atom. The van der Waals surface area contributed by atoms with Gasteiger partial charge in [-0.3, -0.25) is 13.9 Å². The van der Waals surface area contributed by atoms with Crippen LogP contribution >= 0.6 is 23.2 Å². The van der Waals surface area contributed by atoms with E-state index in [0.717, 1.165) is 28.1 Å². The maximum Gasteiger partial charge on any atom is 0.244 e. The van der Waals surface area contributed by atoms with Crippen molar-refractivity contribution in [2.75, 3.05) is 23.7 Å². The largest absolute Gasteiger partial charge is 0.354 e. The lowest BCUT2D eigenvalue weighted by Crippen LogP contribution is -2.52. The number of carbonyl (C=O) groups excluding carboxylic acids is 2. The summed E-state index contributed by atoms with van der Waals surface area (Å²) in [5.74, 6) is -0.788. The SMILES string of the molecule is CCCNC(=O)C(CC)N(Cc1cccc(C)c1)C(=O)CN(c1cc(Cl)cc(Cl)c1)S(C)(=O)=O. The zero-order valence-electron chi connectivity index (χ0n) is 19.8. The quantitative estimate of drug-likeness (QED) is 0.469. The smallest absolute Gasteiger partial charge is 0.244 e. The summed E-state index contributed by atoms with van der Waals surface area (Å²) >= 11 is 12.1. The number of aryl methyl sites for hydroxylation is 1. The fourth-order valence-electron chi connectivity index (χ4n) is 3.59. The van der Waals surface area contributed by atoms with Crippen molar-refractivity contribution in [2.45, 2.75) is 46.2 Å². The molecular weight excluding hydrogens is 497 g/mol. The lowest BCUT2D eigenvalue weighted by atomic mass is 10.1. The first kappa shape index (κ1) is 28.0. The first-order valence-corrected chi connectivity index (χ1v) is 13.6. The van der Waals surface area contributed by atoms with E-state index in [1.54, 1.807) is 0 Å². The standard InChI is InChI=1S/C24H31Cl2N3O4S/c1-5-10-27-24(31)22(6-2)28(15-18-9-7-8-17(3)11-18)23(30)16-29(34(4,32)33)21-13-19(25)12-20(26)14-21/h7-9,11-14,22H,5-6,10,15-16H2,1-4H3,(H,27,31). The molecule has 0 aliphatic carbocycles. The monoisotopic (exact) mass is 527 g/mol. The number of hydrogen-bond acceptors (Lipinski definition) is 4. The second-order valence-electron chi connectivity index (χ2n) is 8.12. The highest BCUT2D eigenvalue weighted by Gasteiger charge is 2.31. The van der Waals surface area contributed by atoms with Gasteiger partial charge in [-0.2, -0.15) is 0 Å². The summed E-state index contributed by atoms with van der Waals surface area (Å²) in [7, 11) is -3.86. The van der Waals surface area contributed by atoms with Crippen LogP contribution in [0, 0.1) is 6.92 Å². The molecule has 2 aromatic carbocycles. The van der Waals surface area contributed by atoms with Gasteiger partial charge >= 0.3 is 0 Å². The molecule has 0 saturated heterocycles. The highest BCUT2D eigenvalue weighted by atomic mass is 35.5. The maximum atomic E-state index is 13.6. The van der Waals surface area contributed by atoms with Crippen molar-refractivity contribution >= 4 is 50.7 Å². The lowest BCUT2D eigenvalue weighted by Gasteiger charge is -2.33. The lowest BCUT2D eigenvalue weighted by molar-refractivity contribution is -0.140. The molecule has 2 amide bonds. The number of halogens is 2. The van der Waals surface area contributed by atoms with Gasteiger partial charge in [-0.1, -0.05) is 66.9 Å². The normalized spacial score (nSPS) is 12.2. The van der Waals surface area contributed by atoms with Crippen LogP contribution in [0.25, 0.3) is 0 Å². The van der Waals surface area contributed by atoms with E-state index in [1.165, 1.54) is 23.1 Å². The van der Waals surface area contributed by atoms with Crippen LogP contribution in [0.1, 0.15) is 37.8 Å². The van der Waals surface area contributed by atoms with E-state index < -0.39 is 28.5 Å². The minimum atomic E-state index is -3.86. The fraction of sp³-hybridized carbons (Fsp3) is 0.417. The van der Waals surface area contributed by atoms with Crippen LogP contribution in [0.4, 0.5) is 5.69 Å². The first-order chi connectivity index (χ1) is 16.0. The van der Waals surface area contributed by atoms with Gasteiger partial charge in [-0.15, -0.1) is 0 Å². The highest BCUT2D eigenvalue weighted by molar-refractivity contribution is 7.92. The minimum absolute atomic E-state index is 0.159. The molecule has 0 bridgehead atoms. The third kappa shape index (κ3) is 7.89. The highest BCUT2D eigenvalue weighted by Crippen LogP contribution is 2.27. The van der Waals surface area contributed by atoms with Crippen molar-refractivity contribution in [2.24, 2.45) is 0 Å². The van der Waals surface area contributed by atoms with Gasteiger partial charge in [0.1, 0.15) is 12.6 Å². The van der Waals surface area contributed by atoms with E-state index in [4.69, 9.17) is 23.2 Å². The summed E-state index contributed by atoms with van der Waals surface area (Å²) in [5.41, 5.74) is 2.03. The van der Waals surface area contributed by atoms with Crippen LogP contribution < -0.4 is 9.62 Å². The molecule has 0 aliphatic rings. The van der Waals surface area contributed by atoms with Crippen molar-refractivity contribution < 1.29 is 18.0 Å². The van der Waals surface area contributed by atoms with Gasteiger partial charge in [0.25, 0.3) is 0 Å². The molecule has 2 aromatic rings. The zero-order valence-corrected chi connectivity index (χ0v) is 22.2. The van der Waals surface area contributed by atoms with Crippen LogP contribution in [-0.2, 0) is 26.2 Å². The molecule has 2 rings (SSSR count). The van der Waals surface area contributed by atoms with Crippen LogP contribution in [0.15, 0.2) is 42.5 Å². The molecule has 0 heterocycles. The zero-order chi connectivity index (χ0) is 25.5. The van der Waals surface area contributed by atoms with Gasteiger partial charge in [0.2, 0.25) is 21.8 Å². The third-order valence-electron chi connectivity index (χ3n) is 5.19. The number of carbonyl (C=O) groups is 2. The van der Waals surface area contributed by atoms with Gasteiger partial charge < -0.3 is 10.2 Å². The third-order valence-corrected chi connectivity index (χ3v) is 6.76. The number of hydrogen-bond donors (Lipinski definition) is 1.